The van der Waals surface area contributed by atoms with Gasteiger partial charge in [-0.1, -0.05) is 6.92 Å². The maximum atomic E-state index is 11.5. The van der Waals surface area contributed by atoms with E-state index >= 15 is 0 Å². The maximum absolute atomic E-state index is 11.5. The number of morpholine rings is 1. The van der Waals surface area contributed by atoms with E-state index in [0.29, 0.717) is 32.8 Å². The van der Waals surface area contributed by atoms with Crippen LogP contribution in [0.4, 0.5) is 0 Å². The van der Waals surface area contributed by atoms with E-state index in [1.807, 2.05) is 11.8 Å². The SMILES string of the molecule is CCCNC(=O)CN1CCOC(C(=O)OC)C1. The predicted molar refractivity (Wildman–Crippen MR) is 61.5 cm³/mol. The third-order valence-electron chi connectivity index (χ3n) is 2.55. The number of hydrogen-bond acceptors (Lipinski definition) is 5. The van der Waals surface area contributed by atoms with E-state index in [-0.39, 0.29) is 11.9 Å². The summed E-state index contributed by atoms with van der Waals surface area (Å²) < 4.78 is 9.89. The van der Waals surface area contributed by atoms with Crippen LogP contribution in [0, 0.1) is 0 Å². The van der Waals surface area contributed by atoms with Gasteiger partial charge >= 0.3 is 5.97 Å². The van der Waals surface area contributed by atoms with Crippen molar-refractivity contribution in [1.82, 2.24) is 10.2 Å². The minimum Gasteiger partial charge on any atom is -0.467 e. The smallest absolute Gasteiger partial charge is 0.336 e. The van der Waals surface area contributed by atoms with Crippen LogP contribution in [0.15, 0.2) is 0 Å². The largest absolute Gasteiger partial charge is 0.467 e. The average molecular weight is 244 g/mol. The summed E-state index contributed by atoms with van der Waals surface area (Å²) in [5.41, 5.74) is 0. The molecule has 1 heterocycles. The molecule has 1 aliphatic rings. The van der Waals surface area contributed by atoms with Crippen LogP contribution in [-0.2, 0) is 19.1 Å². The second kappa shape index (κ2) is 7.24. The number of hydrogen-bond donors (Lipinski definition) is 1. The van der Waals surface area contributed by atoms with Gasteiger partial charge in [-0.15, -0.1) is 0 Å². The van der Waals surface area contributed by atoms with Gasteiger partial charge in [0, 0.05) is 19.6 Å². The molecule has 1 N–H and O–H groups in total. The van der Waals surface area contributed by atoms with Gasteiger partial charge < -0.3 is 14.8 Å². The van der Waals surface area contributed by atoms with E-state index in [4.69, 9.17) is 4.74 Å². The number of nitrogens with one attached hydrogen (secondary N) is 1. The van der Waals surface area contributed by atoms with Crippen LogP contribution in [0.25, 0.3) is 0 Å². The zero-order valence-corrected chi connectivity index (χ0v) is 10.4. The number of ether oxygens (including phenoxy) is 2. The first-order chi connectivity index (χ1) is 8.17. The minimum atomic E-state index is -0.576. The van der Waals surface area contributed by atoms with Crippen LogP contribution in [0.5, 0.6) is 0 Å². The van der Waals surface area contributed by atoms with E-state index in [1.165, 1.54) is 7.11 Å². The quantitative estimate of drug-likeness (QED) is 0.653. The first-order valence-corrected chi connectivity index (χ1v) is 5.85. The normalized spacial score (nSPS) is 20.9. The fourth-order valence-electron chi connectivity index (χ4n) is 1.64. The van der Waals surface area contributed by atoms with Crippen molar-refractivity contribution in [3.63, 3.8) is 0 Å². The van der Waals surface area contributed by atoms with Crippen LogP contribution in [0.1, 0.15) is 13.3 Å². The Balaban J connectivity index is 2.34. The zero-order chi connectivity index (χ0) is 12.7. The molecule has 1 unspecified atom stereocenters. The molecule has 1 saturated heterocycles. The van der Waals surface area contributed by atoms with Crippen molar-refractivity contribution in [3.05, 3.63) is 0 Å². The van der Waals surface area contributed by atoms with Crippen LogP contribution in [0.2, 0.25) is 0 Å². The Bertz CT molecular complexity index is 270. The third-order valence-corrected chi connectivity index (χ3v) is 2.55. The third kappa shape index (κ3) is 4.70. The number of esters is 1. The maximum Gasteiger partial charge on any atom is 0.336 e. The Morgan fingerprint density at radius 2 is 2.29 bits per heavy atom. The molecule has 0 aromatic carbocycles. The molecule has 0 radical (unpaired) electrons. The molecule has 6 heteroatoms. The number of rotatable bonds is 5. The van der Waals surface area contributed by atoms with E-state index in [9.17, 15) is 9.59 Å². The van der Waals surface area contributed by atoms with Crippen LogP contribution < -0.4 is 5.32 Å². The molecule has 1 aliphatic heterocycles. The van der Waals surface area contributed by atoms with Gasteiger partial charge in [0.05, 0.1) is 20.3 Å². The molecule has 1 amide bonds. The van der Waals surface area contributed by atoms with Crippen molar-refractivity contribution in [1.29, 1.82) is 0 Å². The standard InChI is InChI=1S/C11H20N2O4/c1-3-4-12-10(14)8-13-5-6-17-9(7-13)11(15)16-2/h9H,3-8H2,1-2H3,(H,12,14). The highest BCUT2D eigenvalue weighted by Crippen LogP contribution is 2.06. The molecule has 1 fully saturated rings. The molecule has 0 saturated carbocycles. The predicted octanol–water partition coefficient (Wildman–Crippen LogP) is -0.614. The second-order valence-corrected chi connectivity index (χ2v) is 3.97. The Morgan fingerprint density at radius 1 is 1.53 bits per heavy atom. The molecule has 0 aromatic rings. The van der Waals surface area contributed by atoms with Gasteiger partial charge in [-0.2, -0.15) is 0 Å². The summed E-state index contributed by atoms with van der Waals surface area (Å²) in [6.45, 7) is 4.50. The first-order valence-electron chi connectivity index (χ1n) is 5.85. The Morgan fingerprint density at radius 3 is 2.94 bits per heavy atom. The lowest BCUT2D eigenvalue weighted by atomic mass is 10.2. The van der Waals surface area contributed by atoms with Gasteiger partial charge in [-0.05, 0) is 6.42 Å². The molecular formula is C11H20N2O4. The van der Waals surface area contributed by atoms with Crippen molar-refractivity contribution in [2.45, 2.75) is 19.4 Å². The number of nitrogens with zero attached hydrogens (tertiary/aromatic N) is 1. The summed E-state index contributed by atoms with van der Waals surface area (Å²) in [6.07, 6.45) is 0.340. The molecule has 0 spiro atoms. The molecule has 98 valence electrons. The summed E-state index contributed by atoms with van der Waals surface area (Å²) in [6, 6.07) is 0. The van der Waals surface area contributed by atoms with Crippen molar-refractivity contribution in [2.75, 3.05) is 39.9 Å². The monoisotopic (exact) mass is 244 g/mol. The van der Waals surface area contributed by atoms with Gasteiger partial charge in [-0.25, -0.2) is 4.79 Å². The van der Waals surface area contributed by atoms with Gasteiger partial charge in [0.1, 0.15) is 0 Å². The van der Waals surface area contributed by atoms with Crippen molar-refractivity contribution < 1.29 is 19.1 Å². The highest BCUT2D eigenvalue weighted by molar-refractivity contribution is 5.78. The molecule has 1 atom stereocenters. The highest BCUT2D eigenvalue weighted by atomic mass is 16.6. The fraction of sp³-hybridized carbons (Fsp3) is 0.818. The van der Waals surface area contributed by atoms with Crippen molar-refractivity contribution >= 4 is 11.9 Å². The van der Waals surface area contributed by atoms with Gasteiger partial charge in [0.15, 0.2) is 6.10 Å². The summed E-state index contributed by atoms with van der Waals surface area (Å²) in [5, 5.41) is 2.80. The Kier molecular flexibility index (Phi) is 5.93. The molecular weight excluding hydrogens is 224 g/mol. The van der Waals surface area contributed by atoms with Gasteiger partial charge in [0.2, 0.25) is 5.91 Å². The lowest BCUT2D eigenvalue weighted by Gasteiger charge is -2.30. The summed E-state index contributed by atoms with van der Waals surface area (Å²) >= 11 is 0. The fourth-order valence-corrected chi connectivity index (χ4v) is 1.64. The Hall–Kier alpha value is -1.14. The molecule has 0 aromatic heterocycles. The summed E-state index contributed by atoms with van der Waals surface area (Å²) in [7, 11) is 1.33. The number of carbonyl (C=O) groups is 2. The van der Waals surface area contributed by atoms with Gasteiger partial charge in [-0.3, -0.25) is 9.69 Å². The van der Waals surface area contributed by atoms with Crippen LogP contribution in [-0.4, -0.2) is 62.8 Å². The van der Waals surface area contributed by atoms with Crippen LogP contribution >= 0.6 is 0 Å². The molecule has 6 nitrogen and oxygen atoms in total. The summed E-state index contributed by atoms with van der Waals surface area (Å²) in [5.74, 6) is -0.402. The lowest BCUT2D eigenvalue weighted by Crippen LogP contribution is -2.49. The average Bonchev–Trinajstić information content (AvgIpc) is 2.35. The van der Waals surface area contributed by atoms with Crippen LogP contribution in [0.3, 0.4) is 0 Å². The topological polar surface area (TPSA) is 67.9 Å². The second-order valence-electron chi connectivity index (χ2n) is 3.97. The summed E-state index contributed by atoms with van der Waals surface area (Å²) in [4.78, 5) is 24.7. The Labute approximate surface area is 101 Å². The minimum absolute atomic E-state index is 0.0163. The molecule has 0 aliphatic carbocycles. The van der Waals surface area contributed by atoms with Crippen molar-refractivity contribution in [2.24, 2.45) is 0 Å². The lowest BCUT2D eigenvalue weighted by molar-refractivity contribution is -0.160. The van der Waals surface area contributed by atoms with E-state index < -0.39 is 6.10 Å². The zero-order valence-electron chi connectivity index (χ0n) is 10.4. The first kappa shape index (κ1) is 13.9. The molecule has 17 heavy (non-hydrogen) atoms. The number of methoxy groups -OCH3 is 1. The van der Waals surface area contributed by atoms with E-state index in [1.54, 1.807) is 0 Å². The van der Waals surface area contributed by atoms with Gasteiger partial charge in [0.25, 0.3) is 0 Å². The highest BCUT2D eigenvalue weighted by Gasteiger charge is 2.28. The molecule has 1 rings (SSSR count). The van der Waals surface area contributed by atoms with Crippen molar-refractivity contribution in [3.8, 4) is 0 Å². The van der Waals surface area contributed by atoms with E-state index in [0.717, 1.165) is 6.42 Å². The number of amides is 1. The van der Waals surface area contributed by atoms with E-state index in [2.05, 4.69) is 10.1 Å². The molecule has 0 bridgehead atoms. The number of carbonyl (C=O) groups excluding carboxylic acids is 2.